The summed E-state index contributed by atoms with van der Waals surface area (Å²) in [4.78, 5) is 221. The SMILES string of the molecule is CCC(=O)OC1CCC2C3CCC4=CC(=O)CCC4(C)C3CCC12C.Cc1c2oc3c(C)ccc(C(=O)NC4C(=O)NC(C(C)C)C(=O)C5CCCC5C(=O)N(C)CC(=O)N(C)C(C(C)C)C(=O)OC4C)c3nc-2c(C(=O)NC2C(=O)NC(C(C)C)C(=O)C3CCCC3C(=O)N(C)CC(=O)N(C)C(C(C)C)C(=O)OC2C)c(N)c1=O. The second-order valence-electron chi connectivity index (χ2n) is 35.7. The molecule has 7 aliphatic carbocycles. The Morgan fingerprint density at radius 2 is 1.12 bits per heavy atom. The van der Waals surface area contributed by atoms with Crippen LogP contribution in [0.3, 0.4) is 0 Å². The third-order valence-electron chi connectivity index (χ3n) is 26.8. The van der Waals surface area contributed by atoms with Gasteiger partial charge in [0.1, 0.15) is 53.7 Å². The number of esters is 3. The van der Waals surface area contributed by atoms with E-state index in [1.165, 1.54) is 95.7 Å². The fourth-order valence-electron chi connectivity index (χ4n) is 20.1. The van der Waals surface area contributed by atoms with Crippen LogP contribution in [0.1, 0.15) is 218 Å². The van der Waals surface area contributed by atoms with Crippen molar-refractivity contribution < 1.29 is 85.8 Å². The van der Waals surface area contributed by atoms with Crippen molar-refractivity contribution in [3.8, 4) is 11.5 Å². The van der Waals surface area contributed by atoms with Gasteiger partial charge in [-0.2, -0.15) is 0 Å². The predicted octanol–water partition coefficient (Wildman–Crippen LogP) is 7.55. The van der Waals surface area contributed by atoms with Gasteiger partial charge in [-0.15, -0.1) is 0 Å². The molecule has 6 N–H and O–H groups in total. The molecule has 0 spiro atoms. The molecule has 1 aromatic rings. The molecule has 115 heavy (non-hydrogen) atoms. The van der Waals surface area contributed by atoms with Crippen LogP contribution in [0.5, 0.6) is 0 Å². The molecule has 11 rings (SSSR count). The van der Waals surface area contributed by atoms with Crippen molar-refractivity contribution in [2.24, 2.45) is 75.9 Å². The molecular weight excluding hydrogens is 1480 g/mol. The van der Waals surface area contributed by atoms with Crippen molar-refractivity contribution in [1.29, 1.82) is 0 Å². The molecule has 7 fully saturated rings. The van der Waals surface area contributed by atoms with Gasteiger partial charge in [0.05, 0.1) is 42.0 Å². The number of aryl methyl sites for hydroxylation is 1. The van der Waals surface area contributed by atoms with Crippen molar-refractivity contribution in [1.82, 2.24) is 45.9 Å². The number of allylic oxidation sites excluding steroid dienone is 1. The summed E-state index contributed by atoms with van der Waals surface area (Å²) >= 11 is 0. The summed E-state index contributed by atoms with van der Waals surface area (Å²) in [7, 11) is 5.66. The van der Waals surface area contributed by atoms with Crippen LogP contribution < -0.4 is 32.4 Å². The van der Waals surface area contributed by atoms with Gasteiger partial charge < -0.3 is 65.2 Å². The third kappa shape index (κ3) is 17.4. The van der Waals surface area contributed by atoms with Crippen LogP contribution in [0.25, 0.3) is 22.6 Å². The van der Waals surface area contributed by atoms with E-state index in [4.69, 9.17) is 29.3 Å². The van der Waals surface area contributed by atoms with E-state index in [0.29, 0.717) is 68.1 Å². The van der Waals surface area contributed by atoms with Gasteiger partial charge in [0.25, 0.3) is 11.8 Å². The van der Waals surface area contributed by atoms with Crippen LogP contribution in [0, 0.1) is 89.8 Å². The lowest BCUT2D eigenvalue weighted by molar-refractivity contribution is -0.163. The Labute approximate surface area is 673 Å². The van der Waals surface area contributed by atoms with E-state index in [0.717, 1.165) is 47.8 Å². The summed E-state index contributed by atoms with van der Waals surface area (Å²) in [5.74, 6) is -12.5. The van der Waals surface area contributed by atoms with E-state index < -0.39 is 196 Å². The molecule has 1 aromatic carbocycles. The summed E-state index contributed by atoms with van der Waals surface area (Å²) in [6, 6.07) is -5.71. The number of amides is 8. The number of fused-ring (bicyclic) bond motifs is 9. The van der Waals surface area contributed by atoms with E-state index in [9.17, 15) is 62.3 Å². The average Bonchev–Trinajstić information content (AvgIpc) is 1.68. The Morgan fingerprint density at radius 3 is 1.61 bits per heavy atom. The number of nitrogens with zero attached hydrogens (tertiary/aromatic N) is 5. The number of hydrogen-bond donors (Lipinski definition) is 5. The largest absolute Gasteiger partial charge is 0.462 e. The lowest BCUT2D eigenvalue weighted by atomic mass is 9.47. The number of aromatic nitrogens is 1. The number of cyclic esters (lactones) is 2. The van der Waals surface area contributed by atoms with Gasteiger partial charge in [0, 0.05) is 75.7 Å². The highest BCUT2D eigenvalue weighted by atomic mass is 16.6. The predicted molar refractivity (Wildman–Crippen MR) is 425 cm³/mol. The molecule has 0 bridgehead atoms. The smallest absolute Gasteiger partial charge is 0.329 e. The molecule has 0 aromatic heterocycles. The second kappa shape index (κ2) is 35.2. The normalized spacial score (nSPS) is 31.7. The topological polar surface area (TPSA) is 397 Å². The third-order valence-corrected chi connectivity index (χ3v) is 26.8. The number of carbonyl (C=O) groups is 14. The molecule has 3 aliphatic heterocycles. The van der Waals surface area contributed by atoms with E-state index in [1.807, 2.05) is 13.0 Å². The number of carbonyl (C=O) groups excluding carboxylic acids is 14. The molecular formula is C86H120N10O19. The van der Waals surface area contributed by atoms with Crippen molar-refractivity contribution in [2.75, 3.05) is 47.0 Å². The number of Topliss-reactive ketones (excluding diaryl/α,β-unsaturated/α-hetero) is 2. The summed E-state index contributed by atoms with van der Waals surface area (Å²) in [5, 5.41) is 10.8. The first-order chi connectivity index (χ1) is 54.0. The van der Waals surface area contributed by atoms with Gasteiger partial charge >= 0.3 is 17.9 Å². The number of ketones is 3. The first-order valence-corrected chi connectivity index (χ1v) is 41.3. The minimum Gasteiger partial charge on any atom is -0.462 e. The highest BCUT2D eigenvalue weighted by Crippen LogP contribution is 2.66. The Kier molecular flexibility index (Phi) is 26.9. The number of nitrogens with one attached hydrogen (secondary N) is 4. The number of rotatable bonds is 10. The van der Waals surface area contributed by atoms with Crippen LogP contribution in [-0.4, -0.2) is 203 Å². The summed E-state index contributed by atoms with van der Waals surface area (Å²) in [5.41, 5.74) is 5.49. The number of benzene rings is 2. The van der Waals surface area contributed by atoms with Crippen molar-refractivity contribution in [2.45, 2.75) is 255 Å². The first kappa shape index (κ1) is 87.9. The fraction of sp³-hybridized carbons (Fsp3) is 0.674. The quantitative estimate of drug-likeness (QED) is 0.0565. The van der Waals surface area contributed by atoms with Crippen LogP contribution in [0.15, 0.2) is 33.0 Å². The second-order valence-corrected chi connectivity index (χ2v) is 35.7. The molecule has 18 unspecified atom stereocenters. The zero-order valence-corrected chi connectivity index (χ0v) is 70.4. The van der Waals surface area contributed by atoms with E-state index in [-0.39, 0.29) is 56.6 Å². The lowest BCUT2D eigenvalue weighted by Gasteiger charge is -2.57. The van der Waals surface area contributed by atoms with Crippen molar-refractivity contribution in [3.05, 3.63) is 56.3 Å². The lowest BCUT2D eigenvalue weighted by Crippen LogP contribution is -2.59. The molecule has 29 heteroatoms. The van der Waals surface area contributed by atoms with Gasteiger partial charge in [-0.1, -0.05) is 101 Å². The fourth-order valence-corrected chi connectivity index (χ4v) is 20.1. The Hall–Kier alpha value is -9.44. The van der Waals surface area contributed by atoms with Gasteiger partial charge in [0.2, 0.25) is 40.9 Å². The molecule has 18 atom stereocenters. The van der Waals surface area contributed by atoms with E-state index in [2.05, 4.69) is 35.1 Å². The standard InChI is InChI=1S/C64H88N10O16.C22H32O3/c1-27(2)44-53(78)35-19-17-21-37(35)61(84)71(13)25-40(75)73(15)50(29(5)6)63(86)88-33(11)46(59(82)67-44)69-57(80)39-24-23-31(9)55-48(39)66-49-42(43(65)52(77)32(10)56(49)90-55)58(81)70-47-34(12)89-64(87)51(30(7)8)74(16)41(76)26-72(14)62(85)38-22-18-20-36(38)54(79)45(28(3)4)68-60(47)83;1-4-20(24)25-19-8-7-17-16-6-5-14-13-15(23)9-11-21(14,2)18(16)10-12-22(17,19)3/h23-24,27-30,33-38,44-47,50-51H,17-22,25-26,65H2,1-16H3,(H,67,82)(H,68,83)(H,69,80)(H,70,81);13,16-19H,4-12H2,1-3H3. The number of nitrogens with two attached hydrogens (primary N) is 1. The van der Waals surface area contributed by atoms with Crippen molar-refractivity contribution in [3.63, 3.8) is 0 Å². The first-order valence-electron chi connectivity index (χ1n) is 41.3. The number of anilines is 1. The maximum atomic E-state index is 15.2. The zero-order chi connectivity index (χ0) is 84.8. The molecule has 10 aliphatic rings. The molecule has 29 nitrogen and oxygen atoms in total. The number of ether oxygens (including phenoxy) is 3. The monoisotopic (exact) mass is 1600 g/mol. The maximum Gasteiger partial charge on any atom is 0.329 e. The minimum absolute atomic E-state index is 0.0411. The Balaban J connectivity index is 0.000000468. The molecule has 0 radical (unpaired) electrons. The van der Waals surface area contributed by atoms with Crippen LogP contribution in [0.2, 0.25) is 0 Å². The molecule has 628 valence electrons. The minimum atomic E-state index is -1.86. The van der Waals surface area contributed by atoms with E-state index >= 15 is 9.59 Å². The molecule has 8 amide bonds. The zero-order valence-electron chi connectivity index (χ0n) is 70.4. The van der Waals surface area contributed by atoms with Crippen LogP contribution >= 0.6 is 0 Å². The van der Waals surface area contributed by atoms with Crippen LogP contribution in [0.4, 0.5) is 5.69 Å². The van der Waals surface area contributed by atoms with Gasteiger partial charge in [-0.05, 0) is 163 Å². The van der Waals surface area contributed by atoms with Gasteiger partial charge in [0.15, 0.2) is 28.7 Å². The summed E-state index contributed by atoms with van der Waals surface area (Å²) in [6.07, 6.45) is 10.6. The van der Waals surface area contributed by atoms with Crippen molar-refractivity contribution >= 4 is 99.3 Å². The highest BCUT2D eigenvalue weighted by Gasteiger charge is 2.60. The number of hydrogen-bond acceptors (Lipinski definition) is 21. The summed E-state index contributed by atoms with van der Waals surface area (Å²) in [6.45, 7) is 25.0. The Morgan fingerprint density at radius 1 is 0.626 bits per heavy atom. The van der Waals surface area contributed by atoms with Gasteiger partial charge in [-0.25, -0.2) is 14.6 Å². The number of likely N-dealkylation sites (N-methyl/N-ethyl adjacent to an activating group) is 4. The average molecular weight is 1600 g/mol. The Bertz CT molecular complexity index is 4430. The number of nitrogen functional groups attached to an aromatic ring is 1. The molecule has 3 heterocycles. The highest BCUT2D eigenvalue weighted by molar-refractivity contribution is 6.11. The van der Waals surface area contributed by atoms with Gasteiger partial charge in [-0.3, -0.25) is 62.3 Å². The van der Waals surface area contributed by atoms with E-state index in [1.54, 1.807) is 62.3 Å². The molecule has 2 saturated heterocycles. The maximum absolute atomic E-state index is 15.2. The molecule has 5 saturated carbocycles. The summed E-state index contributed by atoms with van der Waals surface area (Å²) < 4.78 is 24.2. The van der Waals surface area contributed by atoms with Crippen LogP contribution in [-0.2, 0) is 71.7 Å².